The van der Waals surface area contributed by atoms with E-state index in [-0.39, 0.29) is 17.9 Å². The van der Waals surface area contributed by atoms with E-state index in [4.69, 9.17) is 4.74 Å². The highest BCUT2D eigenvalue weighted by atomic mass is 19.1. The fraction of sp³-hybridized carbons (Fsp3) is 0.250. The van der Waals surface area contributed by atoms with Crippen molar-refractivity contribution in [2.75, 3.05) is 13.7 Å². The van der Waals surface area contributed by atoms with E-state index in [0.717, 1.165) is 0 Å². The molecular formula is C12H11FO3. The van der Waals surface area contributed by atoms with Crippen LogP contribution in [0.25, 0.3) is 0 Å². The molecule has 0 spiro atoms. The largest absolute Gasteiger partial charge is 0.494 e. The number of rotatable bonds is 2. The second-order valence-electron chi connectivity index (χ2n) is 2.79. The molecule has 0 atom stereocenters. The number of methoxy groups -OCH3 is 1. The molecule has 1 rings (SSSR count). The Bertz CT molecular complexity index is 443. The topological polar surface area (TPSA) is 35.5 Å². The number of esters is 1. The standard InChI is InChI=1S/C12H11FO3/c1-3-16-11(14)8-7-9-5-4-6-10(15-2)12(9)13/h4-6H,3H2,1-2H3. The molecule has 0 amide bonds. The van der Waals surface area contributed by atoms with Crippen LogP contribution in [-0.4, -0.2) is 19.7 Å². The van der Waals surface area contributed by atoms with Gasteiger partial charge >= 0.3 is 5.97 Å². The van der Waals surface area contributed by atoms with Crippen LogP contribution in [0.5, 0.6) is 5.75 Å². The average molecular weight is 222 g/mol. The number of hydrogen-bond donors (Lipinski definition) is 0. The van der Waals surface area contributed by atoms with Crippen molar-refractivity contribution < 1.29 is 18.7 Å². The summed E-state index contributed by atoms with van der Waals surface area (Å²) in [7, 11) is 1.36. The number of halogens is 1. The van der Waals surface area contributed by atoms with E-state index in [1.165, 1.54) is 19.2 Å². The van der Waals surface area contributed by atoms with E-state index in [2.05, 4.69) is 16.6 Å². The zero-order valence-electron chi connectivity index (χ0n) is 9.04. The van der Waals surface area contributed by atoms with Gasteiger partial charge in [0.25, 0.3) is 0 Å². The first kappa shape index (κ1) is 12.1. The second kappa shape index (κ2) is 5.76. The molecule has 16 heavy (non-hydrogen) atoms. The quantitative estimate of drug-likeness (QED) is 0.565. The Morgan fingerprint density at radius 1 is 1.50 bits per heavy atom. The van der Waals surface area contributed by atoms with E-state index in [1.807, 2.05) is 0 Å². The van der Waals surface area contributed by atoms with Crippen LogP contribution in [0, 0.1) is 17.7 Å². The molecule has 1 aromatic rings. The lowest BCUT2D eigenvalue weighted by Crippen LogP contribution is -2.00. The van der Waals surface area contributed by atoms with Gasteiger partial charge in [0, 0.05) is 5.92 Å². The van der Waals surface area contributed by atoms with E-state index in [9.17, 15) is 9.18 Å². The number of carbonyl (C=O) groups excluding carboxylic acids is 1. The van der Waals surface area contributed by atoms with Gasteiger partial charge in [0.05, 0.1) is 19.3 Å². The molecule has 3 nitrogen and oxygen atoms in total. The van der Waals surface area contributed by atoms with Crippen molar-refractivity contribution in [2.45, 2.75) is 6.92 Å². The average Bonchev–Trinajstić information content (AvgIpc) is 2.28. The third kappa shape index (κ3) is 2.99. The Labute approximate surface area is 93.2 Å². The Kier molecular flexibility index (Phi) is 4.34. The maximum absolute atomic E-state index is 13.5. The second-order valence-corrected chi connectivity index (χ2v) is 2.79. The lowest BCUT2D eigenvalue weighted by Gasteiger charge is -2.01. The van der Waals surface area contributed by atoms with E-state index in [0.29, 0.717) is 0 Å². The summed E-state index contributed by atoms with van der Waals surface area (Å²) in [4.78, 5) is 10.9. The molecule has 0 aromatic heterocycles. The van der Waals surface area contributed by atoms with Crippen LogP contribution in [0.3, 0.4) is 0 Å². The summed E-state index contributed by atoms with van der Waals surface area (Å²) in [5.74, 6) is 3.41. The van der Waals surface area contributed by atoms with Gasteiger partial charge in [-0.25, -0.2) is 9.18 Å². The van der Waals surface area contributed by atoms with E-state index >= 15 is 0 Å². The first-order valence-electron chi connectivity index (χ1n) is 4.70. The van der Waals surface area contributed by atoms with Gasteiger partial charge in [-0.15, -0.1) is 0 Å². The van der Waals surface area contributed by atoms with Crippen LogP contribution in [-0.2, 0) is 9.53 Å². The summed E-state index contributed by atoms with van der Waals surface area (Å²) in [5.41, 5.74) is 0.104. The number of carbonyl (C=O) groups is 1. The normalized spacial score (nSPS) is 8.94. The van der Waals surface area contributed by atoms with Crippen LogP contribution in [0.2, 0.25) is 0 Å². The maximum atomic E-state index is 13.5. The Hall–Kier alpha value is -2.02. The SMILES string of the molecule is CCOC(=O)C#Cc1cccc(OC)c1F. The molecule has 0 bridgehead atoms. The summed E-state index contributed by atoms with van der Waals surface area (Å²) in [6, 6.07) is 4.53. The zero-order chi connectivity index (χ0) is 12.0. The van der Waals surface area contributed by atoms with E-state index < -0.39 is 11.8 Å². The minimum absolute atomic E-state index is 0.0932. The number of ether oxygens (including phenoxy) is 2. The van der Waals surface area contributed by atoms with Gasteiger partial charge in [-0.1, -0.05) is 12.0 Å². The molecule has 0 saturated heterocycles. The van der Waals surface area contributed by atoms with Crippen molar-refractivity contribution >= 4 is 5.97 Å². The molecular weight excluding hydrogens is 211 g/mol. The van der Waals surface area contributed by atoms with Gasteiger partial charge < -0.3 is 9.47 Å². The Morgan fingerprint density at radius 3 is 2.88 bits per heavy atom. The Balaban J connectivity index is 2.93. The Morgan fingerprint density at radius 2 is 2.25 bits per heavy atom. The molecule has 4 heteroatoms. The highest BCUT2D eigenvalue weighted by Gasteiger charge is 2.05. The third-order valence-corrected chi connectivity index (χ3v) is 1.76. The number of benzene rings is 1. The summed E-state index contributed by atoms with van der Waals surface area (Å²) < 4.78 is 22.9. The first-order valence-corrected chi connectivity index (χ1v) is 4.70. The highest BCUT2D eigenvalue weighted by Crippen LogP contribution is 2.18. The summed E-state index contributed by atoms with van der Waals surface area (Å²) in [5, 5.41) is 0. The predicted octanol–water partition coefficient (Wildman–Crippen LogP) is 1.75. The van der Waals surface area contributed by atoms with Crippen molar-refractivity contribution in [1.82, 2.24) is 0 Å². The predicted molar refractivity (Wildman–Crippen MR) is 56.5 cm³/mol. The summed E-state index contributed by atoms with van der Waals surface area (Å²) in [6.07, 6.45) is 0. The van der Waals surface area contributed by atoms with Crippen molar-refractivity contribution in [3.63, 3.8) is 0 Å². The van der Waals surface area contributed by atoms with E-state index in [1.54, 1.807) is 13.0 Å². The number of hydrogen-bond acceptors (Lipinski definition) is 3. The fourth-order valence-corrected chi connectivity index (χ4v) is 1.05. The molecule has 0 saturated carbocycles. The monoisotopic (exact) mass is 222 g/mol. The van der Waals surface area contributed by atoms with Gasteiger partial charge in [-0.05, 0) is 19.1 Å². The van der Waals surface area contributed by atoms with Crippen molar-refractivity contribution in [2.24, 2.45) is 0 Å². The van der Waals surface area contributed by atoms with Gasteiger partial charge in [-0.2, -0.15) is 0 Å². The smallest absolute Gasteiger partial charge is 0.384 e. The van der Waals surface area contributed by atoms with Crippen LogP contribution in [0.4, 0.5) is 4.39 Å². The minimum atomic E-state index is -0.676. The molecule has 0 aliphatic rings. The molecule has 0 aliphatic heterocycles. The van der Waals surface area contributed by atoms with Crippen LogP contribution in [0.1, 0.15) is 12.5 Å². The van der Waals surface area contributed by atoms with Crippen molar-refractivity contribution in [3.8, 4) is 17.6 Å². The lowest BCUT2D eigenvalue weighted by molar-refractivity contribution is -0.136. The van der Waals surface area contributed by atoms with Gasteiger partial charge in [-0.3, -0.25) is 0 Å². The summed E-state index contributed by atoms with van der Waals surface area (Å²) in [6.45, 7) is 1.92. The molecule has 0 N–H and O–H groups in total. The molecule has 0 fully saturated rings. The minimum Gasteiger partial charge on any atom is -0.494 e. The van der Waals surface area contributed by atoms with Gasteiger partial charge in [0.1, 0.15) is 0 Å². The third-order valence-electron chi connectivity index (χ3n) is 1.76. The maximum Gasteiger partial charge on any atom is 0.384 e. The molecule has 84 valence electrons. The van der Waals surface area contributed by atoms with Crippen LogP contribution >= 0.6 is 0 Å². The van der Waals surface area contributed by atoms with Crippen LogP contribution < -0.4 is 4.74 Å². The van der Waals surface area contributed by atoms with Crippen molar-refractivity contribution in [3.05, 3.63) is 29.6 Å². The lowest BCUT2D eigenvalue weighted by atomic mass is 10.2. The molecule has 0 radical (unpaired) electrons. The molecule has 0 unspecified atom stereocenters. The zero-order valence-corrected chi connectivity index (χ0v) is 9.04. The molecule has 0 aliphatic carbocycles. The highest BCUT2D eigenvalue weighted by molar-refractivity contribution is 5.89. The summed E-state index contributed by atoms with van der Waals surface area (Å²) >= 11 is 0. The first-order chi connectivity index (χ1) is 7.69. The van der Waals surface area contributed by atoms with Gasteiger partial charge in [0.15, 0.2) is 11.6 Å². The molecule has 1 aromatic carbocycles. The molecule has 0 heterocycles. The fourth-order valence-electron chi connectivity index (χ4n) is 1.05. The van der Waals surface area contributed by atoms with Gasteiger partial charge in [0.2, 0.25) is 0 Å². The van der Waals surface area contributed by atoms with Crippen molar-refractivity contribution in [1.29, 1.82) is 0 Å². The van der Waals surface area contributed by atoms with Crippen LogP contribution in [0.15, 0.2) is 18.2 Å².